The van der Waals surface area contributed by atoms with Crippen molar-refractivity contribution in [2.75, 3.05) is 31.1 Å². The molecule has 0 spiro atoms. The lowest BCUT2D eigenvalue weighted by atomic mass is 10.2. The Balaban J connectivity index is 1.14. The molecule has 0 N–H and O–H groups in total. The molecule has 3 heterocycles. The number of hydrogen-bond acceptors (Lipinski definition) is 7. The molecule has 5 rings (SSSR count). The van der Waals surface area contributed by atoms with Gasteiger partial charge in [0.05, 0.1) is 6.54 Å². The standard InChI is InChI=1S/C23H22FN5OS/c24-19-8-6-17(7-9-19)14-22-26-27-23(31-22)29-12-10-28(11-13-29)15-21-25-20(16-30-21)18-4-2-1-3-5-18/h1-9,16H,10-15H2. The van der Waals surface area contributed by atoms with Gasteiger partial charge in [-0.1, -0.05) is 53.8 Å². The summed E-state index contributed by atoms with van der Waals surface area (Å²) in [4.78, 5) is 9.25. The molecule has 158 valence electrons. The average molecular weight is 436 g/mol. The normalized spacial score (nSPS) is 14.8. The third-order valence-electron chi connectivity index (χ3n) is 5.35. The fourth-order valence-electron chi connectivity index (χ4n) is 3.63. The maximum absolute atomic E-state index is 13.1. The summed E-state index contributed by atoms with van der Waals surface area (Å²) >= 11 is 1.61. The Bertz CT molecular complexity index is 1120. The van der Waals surface area contributed by atoms with Crippen LogP contribution >= 0.6 is 11.3 Å². The first-order chi connectivity index (χ1) is 15.2. The molecule has 0 saturated carbocycles. The Morgan fingerprint density at radius 1 is 0.935 bits per heavy atom. The van der Waals surface area contributed by atoms with Crippen LogP contribution in [0, 0.1) is 5.82 Å². The minimum absolute atomic E-state index is 0.222. The summed E-state index contributed by atoms with van der Waals surface area (Å²) in [5.74, 6) is 0.519. The molecule has 0 radical (unpaired) electrons. The van der Waals surface area contributed by atoms with E-state index in [0.29, 0.717) is 13.0 Å². The van der Waals surface area contributed by atoms with Gasteiger partial charge in [-0.2, -0.15) is 0 Å². The smallest absolute Gasteiger partial charge is 0.208 e. The maximum atomic E-state index is 13.1. The zero-order chi connectivity index (χ0) is 21.0. The molecule has 1 aliphatic rings. The lowest BCUT2D eigenvalue weighted by molar-refractivity contribution is 0.226. The van der Waals surface area contributed by atoms with Crippen LogP contribution in [0.25, 0.3) is 11.3 Å². The van der Waals surface area contributed by atoms with Crippen LogP contribution in [0.1, 0.15) is 16.5 Å². The van der Waals surface area contributed by atoms with E-state index in [9.17, 15) is 4.39 Å². The quantitative estimate of drug-likeness (QED) is 0.451. The van der Waals surface area contributed by atoms with Crippen molar-refractivity contribution in [3.63, 3.8) is 0 Å². The second kappa shape index (κ2) is 8.95. The van der Waals surface area contributed by atoms with Crippen molar-refractivity contribution in [1.82, 2.24) is 20.1 Å². The van der Waals surface area contributed by atoms with Crippen molar-refractivity contribution < 1.29 is 8.81 Å². The number of hydrogen-bond donors (Lipinski definition) is 0. The van der Waals surface area contributed by atoms with Crippen LogP contribution in [0.15, 0.2) is 65.3 Å². The monoisotopic (exact) mass is 435 g/mol. The van der Waals surface area contributed by atoms with E-state index in [0.717, 1.165) is 59.0 Å². The van der Waals surface area contributed by atoms with Gasteiger partial charge in [0.15, 0.2) is 0 Å². The first kappa shape index (κ1) is 19.8. The predicted octanol–water partition coefficient (Wildman–Crippen LogP) is 4.25. The number of rotatable bonds is 6. The van der Waals surface area contributed by atoms with Gasteiger partial charge in [0.25, 0.3) is 0 Å². The Morgan fingerprint density at radius 3 is 2.48 bits per heavy atom. The third kappa shape index (κ3) is 4.81. The molecule has 0 atom stereocenters. The van der Waals surface area contributed by atoms with Gasteiger partial charge >= 0.3 is 0 Å². The van der Waals surface area contributed by atoms with E-state index < -0.39 is 0 Å². The summed E-state index contributed by atoms with van der Waals surface area (Å²) in [6.45, 7) is 4.30. The molecule has 1 aliphatic heterocycles. The summed E-state index contributed by atoms with van der Waals surface area (Å²) in [6, 6.07) is 16.6. The van der Waals surface area contributed by atoms with Crippen molar-refractivity contribution in [2.45, 2.75) is 13.0 Å². The van der Waals surface area contributed by atoms with E-state index in [-0.39, 0.29) is 5.82 Å². The predicted molar refractivity (Wildman–Crippen MR) is 119 cm³/mol. The van der Waals surface area contributed by atoms with Crippen LogP contribution in [-0.4, -0.2) is 46.3 Å². The van der Waals surface area contributed by atoms with Gasteiger partial charge in [-0.05, 0) is 17.7 Å². The molecule has 0 bridgehead atoms. The number of halogens is 1. The number of anilines is 1. The largest absolute Gasteiger partial charge is 0.447 e. The highest BCUT2D eigenvalue weighted by atomic mass is 32.1. The highest BCUT2D eigenvalue weighted by Crippen LogP contribution is 2.24. The molecular formula is C23H22FN5OS. The molecule has 2 aromatic carbocycles. The van der Waals surface area contributed by atoms with Gasteiger partial charge in [0.2, 0.25) is 11.0 Å². The molecule has 0 amide bonds. The second-order valence-electron chi connectivity index (χ2n) is 7.54. The Morgan fingerprint density at radius 2 is 1.71 bits per heavy atom. The first-order valence-corrected chi connectivity index (χ1v) is 11.1. The lowest BCUT2D eigenvalue weighted by Crippen LogP contribution is -2.46. The number of piperazine rings is 1. The Hall–Kier alpha value is -3.10. The van der Waals surface area contributed by atoms with Gasteiger partial charge < -0.3 is 9.32 Å². The number of benzene rings is 2. The van der Waals surface area contributed by atoms with Gasteiger partial charge in [0, 0.05) is 38.2 Å². The Kier molecular flexibility index (Phi) is 5.73. The van der Waals surface area contributed by atoms with E-state index in [1.807, 2.05) is 30.3 Å². The zero-order valence-corrected chi connectivity index (χ0v) is 17.8. The molecule has 2 aromatic heterocycles. The van der Waals surface area contributed by atoms with Gasteiger partial charge in [-0.15, -0.1) is 10.2 Å². The molecule has 1 saturated heterocycles. The van der Waals surface area contributed by atoms with Crippen LogP contribution in [-0.2, 0) is 13.0 Å². The van der Waals surface area contributed by atoms with Gasteiger partial charge in [-0.3, -0.25) is 4.90 Å². The number of aromatic nitrogens is 3. The van der Waals surface area contributed by atoms with Crippen molar-refractivity contribution in [3.05, 3.63) is 83.1 Å². The first-order valence-electron chi connectivity index (χ1n) is 10.3. The Labute approximate surface area is 184 Å². The highest BCUT2D eigenvalue weighted by molar-refractivity contribution is 7.15. The van der Waals surface area contributed by atoms with Crippen LogP contribution in [0.2, 0.25) is 0 Å². The molecule has 0 unspecified atom stereocenters. The summed E-state index contributed by atoms with van der Waals surface area (Å²) in [5, 5.41) is 10.6. The zero-order valence-electron chi connectivity index (χ0n) is 16.9. The van der Waals surface area contributed by atoms with Crippen LogP contribution in [0.3, 0.4) is 0 Å². The molecule has 0 aliphatic carbocycles. The topological polar surface area (TPSA) is 58.3 Å². The van der Waals surface area contributed by atoms with Crippen LogP contribution < -0.4 is 4.90 Å². The fourth-order valence-corrected chi connectivity index (χ4v) is 4.56. The molecule has 1 fully saturated rings. The van der Waals surface area contributed by atoms with E-state index in [4.69, 9.17) is 4.42 Å². The summed E-state index contributed by atoms with van der Waals surface area (Å²) in [5.41, 5.74) is 2.97. The summed E-state index contributed by atoms with van der Waals surface area (Å²) in [7, 11) is 0. The van der Waals surface area contributed by atoms with Crippen molar-refractivity contribution >= 4 is 16.5 Å². The van der Waals surface area contributed by atoms with E-state index >= 15 is 0 Å². The van der Waals surface area contributed by atoms with E-state index in [1.165, 1.54) is 12.1 Å². The lowest BCUT2D eigenvalue weighted by Gasteiger charge is -2.33. The summed E-state index contributed by atoms with van der Waals surface area (Å²) in [6.07, 6.45) is 2.40. The minimum Gasteiger partial charge on any atom is -0.447 e. The van der Waals surface area contributed by atoms with Crippen LogP contribution in [0.5, 0.6) is 0 Å². The molecule has 6 nitrogen and oxygen atoms in total. The molecular weight excluding hydrogens is 413 g/mol. The average Bonchev–Trinajstić information content (AvgIpc) is 3.47. The SMILES string of the molecule is Fc1ccc(Cc2nnc(N3CCN(Cc4nc(-c5ccccc5)co4)CC3)s2)cc1. The summed E-state index contributed by atoms with van der Waals surface area (Å²) < 4.78 is 18.8. The molecule has 8 heteroatoms. The van der Waals surface area contributed by atoms with Crippen molar-refractivity contribution in [1.29, 1.82) is 0 Å². The third-order valence-corrected chi connectivity index (χ3v) is 6.33. The maximum Gasteiger partial charge on any atom is 0.208 e. The molecule has 31 heavy (non-hydrogen) atoms. The van der Waals surface area contributed by atoms with E-state index in [1.54, 1.807) is 29.7 Å². The van der Waals surface area contributed by atoms with E-state index in [2.05, 4.69) is 25.0 Å². The second-order valence-corrected chi connectivity index (χ2v) is 8.58. The highest BCUT2D eigenvalue weighted by Gasteiger charge is 2.21. The van der Waals surface area contributed by atoms with Gasteiger partial charge in [-0.25, -0.2) is 9.37 Å². The number of nitrogens with zero attached hydrogens (tertiary/aromatic N) is 5. The number of oxazole rings is 1. The minimum atomic E-state index is -0.222. The fraction of sp³-hybridized carbons (Fsp3) is 0.261. The molecule has 4 aromatic rings. The van der Waals surface area contributed by atoms with Crippen molar-refractivity contribution in [3.8, 4) is 11.3 Å². The van der Waals surface area contributed by atoms with Gasteiger partial charge in [0.1, 0.15) is 22.8 Å². The van der Waals surface area contributed by atoms with Crippen molar-refractivity contribution in [2.24, 2.45) is 0 Å². The van der Waals surface area contributed by atoms with Crippen LogP contribution in [0.4, 0.5) is 9.52 Å².